The number of ether oxygens (including phenoxy) is 2. The van der Waals surface area contributed by atoms with Gasteiger partial charge in [0.25, 0.3) is 5.76 Å². The van der Waals surface area contributed by atoms with E-state index in [-0.39, 0.29) is 30.5 Å². The first kappa shape index (κ1) is 14.6. The van der Waals surface area contributed by atoms with Crippen LogP contribution in [-0.2, 0) is 9.47 Å². The molecule has 0 bridgehead atoms. The van der Waals surface area contributed by atoms with Crippen molar-refractivity contribution in [1.29, 1.82) is 0 Å². The van der Waals surface area contributed by atoms with E-state index in [4.69, 9.17) is 14.0 Å². The lowest BCUT2D eigenvalue weighted by molar-refractivity contribution is 0.0445. The maximum absolute atomic E-state index is 12.1. The fourth-order valence-corrected chi connectivity index (χ4v) is 2.52. The molecule has 0 aromatic carbocycles. The Morgan fingerprint density at radius 1 is 1.15 bits per heavy atom. The Labute approximate surface area is 117 Å². The summed E-state index contributed by atoms with van der Waals surface area (Å²) in [6.07, 6.45) is 4.07. The first-order valence-electron chi connectivity index (χ1n) is 7.02. The molecule has 2 rings (SSSR count). The van der Waals surface area contributed by atoms with Crippen molar-refractivity contribution < 1.29 is 23.6 Å². The molecule has 0 spiro atoms. The van der Waals surface area contributed by atoms with Gasteiger partial charge in [-0.2, -0.15) is 0 Å². The molecular weight excluding hydrogens is 262 g/mol. The number of hydrogen-bond donors (Lipinski definition) is 0. The van der Waals surface area contributed by atoms with Crippen molar-refractivity contribution >= 4 is 11.9 Å². The second-order valence-electron chi connectivity index (χ2n) is 4.69. The molecule has 110 valence electrons. The van der Waals surface area contributed by atoms with E-state index in [1.165, 1.54) is 0 Å². The zero-order valence-corrected chi connectivity index (χ0v) is 11.8. The van der Waals surface area contributed by atoms with Crippen molar-refractivity contribution in [3.05, 3.63) is 17.0 Å². The van der Waals surface area contributed by atoms with Crippen molar-refractivity contribution in [2.45, 2.75) is 45.4 Å². The molecule has 1 aliphatic carbocycles. The van der Waals surface area contributed by atoms with Crippen molar-refractivity contribution in [3.8, 4) is 0 Å². The van der Waals surface area contributed by atoms with Crippen LogP contribution >= 0.6 is 0 Å². The lowest BCUT2D eigenvalue weighted by Gasteiger charge is -2.07. The monoisotopic (exact) mass is 281 g/mol. The Kier molecular flexibility index (Phi) is 4.76. The van der Waals surface area contributed by atoms with Crippen LogP contribution < -0.4 is 0 Å². The van der Waals surface area contributed by atoms with Crippen LogP contribution in [0, 0.1) is 0 Å². The maximum atomic E-state index is 12.1. The third kappa shape index (κ3) is 2.84. The highest BCUT2D eigenvalue weighted by Crippen LogP contribution is 2.36. The molecule has 0 radical (unpaired) electrons. The smallest absolute Gasteiger partial charge is 0.378 e. The molecule has 0 unspecified atom stereocenters. The number of carbonyl (C=O) groups excluding carboxylic acids is 2. The first-order valence-corrected chi connectivity index (χ1v) is 7.02. The van der Waals surface area contributed by atoms with Gasteiger partial charge in [-0.3, -0.25) is 0 Å². The molecule has 1 heterocycles. The number of rotatable bonds is 5. The number of nitrogens with zero attached hydrogens (tertiary/aromatic N) is 1. The van der Waals surface area contributed by atoms with E-state index < -0.39 is 11.9 Å². The molecule has 1 aromatic rings. The van der Waals surface area contributed by atoms with Crippen LogP contribution in [0.2, 0.25) is 0 Å². The molecule has 6 heteroatoms. The average molecular weight is 281 g/mol. The Morgan fingerprint density at radius 2 is 1.75 bits per heavy atom. The molecule has 1 aromatic heterocycles. The molecular formula is C14H19NO5. The fraction of sp³-hybridized carbons (Fsp3) is 0.643. The van der Waals surface area contributed by atoms with Crippen LogP contribution in [0.3, 0.4) is 0 Å². The molecule has 0 amide bonds. The van der Waals surface area contributed by atoms with Crippen molar-refractivity contribution in [2.24, 2.45) is 0 Å². The van der Waals surface area contributed by atoms with Crippen LogP contribution in [0.25, 0.3) is 0 Å². The highest BCUT2D eigenvalue weighted by Gasteiger charge is 2.34. The summed E-state index contributed by atoms with van der Waals surface area (Å²) in [5.41, 5.74) is 0.668. The Bertz CT molecular complexity index is 488. The number of carbonyl (C=O) groups is 2. The van der Waals surface area contributed by atoms with Crippen molar-refractivity contribution in [3.63, 3.8) is 0 Å². The Balaban J connectivity index is 2.36. The van der Waals surface area contributed by atoms with E-state index in [9.17, 15) is 9.59 Å². The van der Waals surface area contributed by atoms with E-state index in [2.05, 4.69) is 5.16 Å². The molecule has 0 saturated heterocycles. The highest BCUT2D eigenvalue weighted by atomic mass is 16.6. The second kappa shape index (κ2) is 6.54. The van der Waals surface area contributed by atoms with Gasteiger partial charge in [0, 0.05) is 5.92 Å². The minimum absolute atomic E-state index is 0.136. The average Bonchev–Trinajstić information content (AvgIpc) is 3.08. The molecule has 0 aliphatic heterocycles. The molecule has 1 aliphatic rings. The van der Waals surface area contributed by atoms with Gasteiger partial charge in [-0.25, -0.2) is 9.59 Å². The summed E-state index contributed by atoms with van der Waals surface area (Å²) in [6.45, 7) is 3.85. The fourth-order valence-electron chi connectivity index (χ4n) is 2.52. The predicted molar refractivity (Wildman–Crippen MR) is 69.6 cm³/mol. The van der Waals surface area contributed by atoms with E-state index in [0.29, 0.717) is 5.69 Å². The van der Waals surface area contributed by atoms with Gasteiger partial charge in [0.1, 0.15) is 11.3 Å². The second-order valence-corrected chi connectivity index (χ2v) is 4.69. The lowest BCUT2D eigenvalue weighted by Crippen LogP contribution is -2.14. The molecule has 0 N–H and O–H groups in total. The largest absolute Gasteiger partial charge is 0.462 e. The molecule has 1 fully saturated rings. The van der Waals surface area contributed by atoms with Gasteiger partial charge in [-0.15, -0.1) is 0 Å². The number of esters is 2. The summed E-state index contributed by atoms with van der Waals surface area (Å²) in [4.78, 5) is 23.9. The van der Waals surface area contributed by atoms with Gasteiger partial charge in [0.15, 0.2) is 0 Å². The quantitative estimate of drug-likeness (QED) is 0.772. The molecule has 6 nitrogen and oxygen atoms in total. The van der Waals surface area contributed by atoms with Crippen LogP contribution in [-0.4, -0.2) is 30.3 Å². The minimum Gasteiger partial charge on any atom is -0.462 e. The molecule has 0 atom stereocenters. The van der Waals surface area contributed by atoms with Crippen molar-refractivity contribution in [1.82, 2.24) is 5.16 Å². The Hall–Kier alpha value is -1.85. The van der Waals surface area contributed by atoms with Gasteiger partial charge in [0.2, 0.25) is 0 Å². The van der Waals surface area contributed by atoms with E-state index >= 15 is 0 Å². The molecule has 1 saturated carbocycles. The van der Waals surface area contributed by atoms with Crippen molar-refractivity contribution in [2.75, 3.05) is 13.2 Å². The topological polar surface area (TPSA) is 78.6 Å². The van der Waals surface area contributed by atoms with Gasteiger partial charge in [-0.1, -0.05) is 18.0 Å². The minimum atomic E-state index is -0.674. The Morgan fingerprint density at radius 3 is 2.35 bits per heavy atom. The van der Waals surface area contributed by atoms with E-state index in [1.807, 2.05) is 0 Å². The summed E-state index contributed by atoms with van der Waals surface area (Å²) < 4.78 is 15.0. The summed E-state index contributed by atoms with van der Waals surface area (Å²) in [7, 11) is 0. The summed E-state index contributed by atoms with van der Waals surface area (Å²) in [5.74, 6) is -1.24. The van der Waals surface area contributed by atoms with Crippen LogP contribution in [0.15, 0.2) is 4.52 Å². The third-order valence-electron chi connectivity index (χ3n) is 3.40. The summed E-state index contributed by atoms with van der Waals surface area (Å²) >= 11 is 0. The normalized spacial score (nSPS) is 15.3. The SMILES string of the molecule is CCOC(=O)c1onc(C2CCCC2)c1C(=O)OCC. The lowest BCUT2D eigenvalue weighted by atomic mass is 9.99. The predicted octanol–water partition coefficient (Wildman–Crippen LogP) is 2.69. The van der Waals surface area contributed by atoms with Crippen LogP contribution in [0.5, 0.6) is 0 Å². The third-order valence-corrected chi connectivity index (χ3v) is 3.40. The number of aromatic nitrogens is 1. The van der Waals surface area contributed by atoms with Gasteiger partial charge >= 0.3 is 11.9 Å². The standard InChI is InChI=1S/C14H19NO5/c1-3-18-13(16)10-11(9-7-5-6-8-9)15-20-12(10)14(17)19-4-2/h9H,3-8H2,1-2H3. The zero-order valence-electron chi connectivity index (χ0n) is 11.8. The summed E-state index contributed by atoms with van der Waals surface area (Å²) in [6, 6.07) is 0. The van der Waals surface area contributed by atoms with Crippen LogP contribution in [0.4, 0.5) is 0 Å². The van der Waals surface area contributed by atoms with Gasteiger partial charge in [0.05, 0.1) is 13.2 Å². The number of hydrogen-bond acceptors (Lipinski definition) is 6. The van der Waals surface area contributed by atoms with Gasteiger partial charge < -0.3 is 14.0 Å². The highest BCUT2D eigenvalue weighted by molar-refractivity contribution is 6.02. The van der Waals surface area contributed by atoms with E-state index in [0.717, 1.165) is 25.7 Å². The maximum Gasteiger partial charge on any atom is 0.378 e. The zero-order chi connectivity index (χ0) is 14.5. The van der Waals surface area contributed by atoms with E-state index in [1.54, 1.807) is 13.8 Å². The first-order chi connectivity index (χ1) is 9.69. The van der Waals surface area contributed by atoms with Crippen LogP contribution in [0.1, 0.15) is 72.1 Å². The summed E-state index contributed by atoms with van der Waals surface area (Å²) in [5, 5.41) is 3.93. The molecule has 20 heavy (non-hydrogen) atoms. The van der Waals surface area contributed by atoms with Gasteiger partial charge in [-0.05, 0) is 26.7 Å².